The summed E-state index contributed by atoms with van der Waals surface area (Å²) in [5.74, 6) is 5.02. The molecule has 30 heavy (non-hydrogen) atoms. The average Bonchev–Trinajstić information content (AvgIpc) is 3.10. The molecule has 0 heterocycles. The molecule has 0 aromatic carbocycles. The molecule has 0 amide bonds. The summed E-state index contributed by atoms with van der Waals surface area (Å²) in [5, 5.41) is 10.2. The predicted octanol–water partition coefficient (Wildman–Crippen LogP) is 6.15. The highest BCUT2D eigenvalue weighted by Crippen LogP contribution is 2.62. The maximum absolute atomic E-state index is 12.2. The zero-order chi connectivity index (χ0) is 21.7. The van der Waals surface area contributed by atoms with Gasteiger partial charge in [0.1, 0.15) is 5.60 Å². The van der Waals surface area contributed by atoms with Gasteiger partial charge in [-0.2, -0.15) is 0 Å². The second kappa shape index (κ2) is 8.26. The molecule has 1 N–H and O–H groups in total. The molecule has 4 aliphatic rings. The summed E-state index contributed by atoms with van der Waals surface area (Å²) >= 11 is 0. The van der Waals surface area contributed by atoms with E-state index in [1.165, 1.54) is 32.1 Å². The lowest BCUT2D eigenvalue weighted by atomic mass is 9.48. The number of esters is 1. The molecule has 0 saturated heterocycles. The van der Waals surface area contributed by atoms with Gasteiger partial charge >= 0.3 is 5.97 Å². The molecule has 0 spiro atoms. The topological polar surface area (TPSA) is 46.5 Å². The number of carbonyl (C=O) groups is 1. The quantitative estimate of drug-likeness (QED) is 0.441. The third kappa shape index (κ3) is 4.25. The second-order valence-corrected chi connectivity index (χ2v) is 12.4. The van der Waals surface area contributed by atoms with Crippen LogP contribution in [0.5, 0.6) is 0 Å². The Morgan fingerprint density at radius 2 is 1.87 bits per heavy atom. The Morgan fingerprint density at radius 1 is 1.13 bits per heavy atom. The van der Waals surface area contributed by atoms with Crippen LogP contribution < -0.4 is 0 Å². The summed E-state index contributed by atoms with van der Waals surface area (Å²) in [6, 6.07) is 0. The monoisotopic (exact) mass is 416 g/mol. The maximum Gasteiger partial charge on any atom is 0.306 e. The van der Waals surface area contributed by atoms with Gasteiger partial charge in [0, 0.05) is 6.42 Å². The van der Waals surface area contributed by atoms with Crippen molar-refractivity contribution in [3.8, 4) is 0 Å². The zero-order valence-electron chi connectivity index (χ0n) is 19.9. The fourth-order valence-corrected chi connectivity index (χ4v) is 7.93. The normalized spacial score (nSPS) is 44.0. The van der Waals surface area contributed by atoms with Crippen LogP contribution in [0.15, 0.2) is 12.2 Å². The number of hydrogen-bond donors (Lipinski definition) is 1. The van der Waals surface area contributed by atoms with E-state index in [2.05, 4.69) is 26.0 Å². The molecular formula is C27H44O3. The van der Waals surface area contributed by atoms with Crippen LogP contribution in [0.2, 0.25) is 0 Å². The summed E-state index contributed by atoms with van der Waals surface area (Å²) in [6.45, 7) is 10.7. The molecule has 9 atom stereocenters. The average molecular weight is 417 g/mol. The maximum atomic E-state index is 12.2. The van der Waals surface area contributed by atoms with Gasteiger partial charge in [0.25, 0.3) is 0 Å². The lowest BCUT2D eigenvalue weighted by Gasteiger charge is -2.57. The molecular weight excluding hydrogens is 372 g/mol. The van der Waals surface area contributed by atoms with Gasteiger partial charge in [-0.15, -0.1) is 0 Å². The van der Waals surface area contributed by atoms with E-state index in [4.69, 9.17) is 4.74 Å². The number of ether oxygens (including phenoxy) is 1. The van der Waals surface area contributed by atoms with Crippen LogP contribution >= 0.6 is 0 Å². The first-order valence-corrected chi connectivity index (χ1v) is 12.7. The van der Waals surface area contributed by atoms with Gasteiger partial charge in [-0.3, -0.25) is 4.79 Å². The van der Waals surface area contributed by atoms with Gasteiger partial charge in [-0.25, -0.2) is 0 Å². The fraction of sp³-hybridized carbons (Fsp3) is 0.889. The number of fused-ring (bicyclic) bond motifs is 5. The van der Waals surface area contributed by atoms with Crippen LogP contribution in [0.3, 0.4) is 0 Å². The fourth-order valence-electron chi connectivity index (χ4n) is 7.93. The van der Waals surface area contributed by atoms with Crippen molar-refractivity contribution >= 4 is 5.97 Å². The zero-order valence-corrected chi connectivity index (χ0v) is 19.9. The van der Waals surface area contributed by atoms with Gasteiger partial charge in [-0.05, 0) is 119 Å². The van der Waals surface area contributed by atoms with E-state index in [1.807, 2.05) is 20.8 Å². The van der Waals surface area contributed by atoms with Crippen molar-refractivity contribution in [1.29, 1.82) is 0 Å². The van der Waals surface area contributed by atoms with Crippen LogP contribution in [-0.4, -0.2) is 22.8 Å². The molecule has 4 aliphatic carbocycles. The van der Waals surface area contributed by atoms with Gasteiger partial charge in [0.05, 0.1) is 6.10 Å². The molecule has 170 valence electrons. The largest absolute Gasteiger partial charge is 0.460 e. The molecule has 0 bridgehead atoms. The molecule has 0 aromatic heterocycles. The third-order valence-corrected chi connectivity index (χ3v) is 9.44. The number of aliphatic hydroxyl groups excluding tert-OH is 1. The highest BCUT2D eigenvalue weighted by Gasteiger charge is 2.55. The van der Waals surface area contributed by atoms with E-state index in [0.29, 0.717) is 41.4 Å². The number of hydrogen-bond acceptors (Lipinski definition) is 3. The summed E-state index contributed by atoms with van der Waals surface area (Å²) in [6.07, 6.45) is 15.2. The van der Waals surface area contributed by atoms with Crippen molar-refractivity contribution in [3.05, 3.63) is 12.2 Å². The predicted molar refractivity (Wildman–Crippen MR) is 121 cm³/mol. The van der Waals surface area contributed by atoms with Crippen molar-refractivity contribution in [2.24, 2.45) is 46.8 Å². The Hall–Kier alpha value is -0.830. The van der Waals surface area contributed by atoms with E-state index in [9.17, 15) is 9.90 Å². The Labute approximate surface area is 184 Å². The summed E-state index contributed by atoms with van der Waals surface area (Å²) in [7, 11) is 0. The number of rotatable bonds is 4. The lowest BCUT2D eigenvalue weighted by molar-refractivity contribution is -0.155. The van der Waals surface area contributed by atoms with Crippen molar-refractivity contribution in [2.45, 2.75) is 104 Å². The first-order valence-electron chi connectivity index (χ1n) is 12.7. The van der Waals surface area contributed by atoms with E-state index < -0.39 is 0 Å². The standard InChI is InChI=1S/C27H44O3/c1-17(6-13-25(29)30-26(2,3)4)20-9-10-22-21(20)11-12-24-23(22)8-7-18-16-19(28)14-15-27(18,24)5/h11-12,17-24,28H,6-10,13-16H2,1-5H3/t17-,18-,19-,20?,21?,22-,23+,24+,27+/m1/s1. The number of carbonyl (C=O) groups excluding carboxylic acids is 1. The minimum Gasteiger partial charge on any atom is -0.460 e. The van der Waals surface area contributed by atoms with E-state index in [0.717, 1.165) is 31.1 Å². The molecule has 0 aromatic rings. The number of allylic oxidation sites excluding steroid dienone is 2. The highest BCUT2D eigenvalue weighted by atomic mass is 16.6. The van der Waals surface area contributed by atoms with Crippen molar-refractivity contribution < 1.29 is 14.6 Å². The van der Waals surface area contributed by atoms with Crippen LogP contribution in [0, 0.1) is 46.8 Å². The van der Waals surface area contributed by atoms with Gasteiger partial charge < -0.3 is 9.84 Å². The molecule has 3 heteroatoms. The summed E-state index contributed by atoms with van der Waals surface area (Å²) < 4.78 is 5.53. The Bertz CT molecular complexity index is 662. The molecule has 0 radical (unpaired) electrons. The smallest absolute Gasteiger partial charge is 0.306 e. The molecule has 2 unspecified atom stereocenters. The molecule has 4 rings (SSSR count). The van der Waals surface area contributed by atoms with Crippen molar-refractivity contribution in [1.82, 2.24) is 0 Å². The van der Waals surface area contributed by atoms with Crippen molar-refractivity contribution in [2.75, 3.05) is 0 Å². The highest BCUT2D eigenvalue weighted by molar-refractivity contribution is 5.69. The minimum atomic E-state index is -0.385. The van der Waals surface area contributed by atoms with Gasteiger partial charge in [-0.1, -0.05) is 26.0 Å². The SMILES string of the molecule is C[C@H](CCC(=O)OC(C)(C)C)C1CC[C@@H]2C1C=C[C@H]1[C@H]2CC[C@@H]2C[C@H](O)CC[C@@]21C. The Kier molecular flexibility index (Phi) is 6.16. The first kappa shape index (κ1) is 22.4. The van der Waals surface area contributed by atoms with Gasteiger partial charge in [0.2, 0.25) is 0 Å². The van der Waals surface area contributed by atoms with Crippen LogP contribution in [0.25, 0.3) is 0 Å². The number of aliphatic hydroxyl groups is 1. The Morgan fingerprint density at radius 3 is 2.60 bits per heavy atom. The minimum absolute atomic E-state index is 0.0473. The molecule has 0 aliphatic heterocycles. The van der Waals surface area contributed by atoms with Crippen molar-refractivity contribution in [3.63, 3.8) is 0 Å². The molecule has 3 nitrogen and oxygen atoms in total. The third-order valence-electron chi connectivity index (χ3n) is 9.44. The second-order valence-electron chi connectivity index (χ2n) is 12.4. The van der Waals surface area contributed by atoms with Crippen LogP contribution in [-0.2, 0) is 9.53 Å². The molecule has 3 fully saturated rings. The Balaban J connectivity index is 1.40. The van der Waals surface area contributed by atoms with Crippen LogP contribution in [0.1, 0.15) is 92.4 Å². The first-order chi connectivity index (χ1) is 14.1. The van der Waals surface area contributed by atoms with Gasteiger partial charge in [0.15, 0.2) is 0 Å². The lowest BCUT2D eigenvalue weighted by Crippen LogP contribution is -2.50. The van der Waals surface area contributed by atoms with Crippen LogP contribution in [0.4, 0.5) is 0 Å². The summed E-state index contributed by atoms with van der Waals surface area (Å²) in [5.41, 5.74) is 0.00798. The van der Waals surface area contributed by atoms with E-state index in [1.54, 1.807) is 0 Å². The van der Waals surface area contributed by atoms with E-state index in [-0.39, 0.29) is 17.7 Å². The van der Waals surface area contributed by atoms with E-state index >= 15 is 0 Å². The summed E-state index contributed by atoms with van der Waals surface area (Å²) in [4.78, 5) is 12.2. The molecule has 3 saturated carbocycles.